The lowest BCUT2D eigenvalue weighted by atomic mass is 9.83. The van der Waals surface area contributed by atoms with Gasteiger partial charge in [-0.15, -0.1) is 0 Å². The van der Waals surface area contributed by atoms with Crippen LogP contribution in [0.4, 0.5) is 5.82 Å². The summed E-state index contributed by atoms with van der Waals surface area (Å²) in [5, 5.41) is 12.3. The third kappa shape index (κ3) is 4.30. The van der Waals surface area contributed by atoms with Gasteiger partial charge in [-0.1, -0.05) is 32.4 Å². The lowest BCUT2D eigenvalue weighted by Gasteiger charge is -2.32. The number of nitrogens with zero attached hydrogens (tertiary/aromatic N) is 3. The predicted octanol–water partition coefficient (Wildman–Crippen LogP) is 3.04. The summed E-state index contributed by atoms with van der Waals surface area (Å²) in [6, 6.07) is 5.73. The van der Waals surface area contributed by atoms with Gasteiger partial charge in [0.05, 0.1) is 5.56 Å². The lowest BCUT2D eigenvalue weighted by Crippen LogP contribution is -2.34. The molecule has 21 heavy (non-hydrogen) atoms. The van der Waals surface area contributed by atoms with Crippen LogP contribution in [-0.2, 0) is 0 Å². The first-order valence-corrected chi connectivity index (χ1v) is 7.51. The molecule has 1 aromatic rings. The fourth-order valence-corrected chi connectivity index (χ4v) is 2.56. The van der Waals surface area contributed by atoms with Gasteiger partial charge in [-0.3, -0.25) is 4.90 Å². The number of rotatable bonds is 4. The molecule has 1 aromatic heterocycles. The van der Waals surface area contributed by atoms with Gasteiger partial charge in [-0.25, -0.2) is 4.98 Å². The number of nitrogens with one attached hydrogen (secondary N) is 1. The summed E-state index contributed by atoms with van der Waals surface area (Å²) in [5.41, 5.74) is 2.45. The van der Waals surface area contributed by atoms with Crippen LogP contribution < -0.4 is 5.32 Å². The van der Waals surface area contributed by atoms with Crippen molar-refractivity contribution in [3.63, 3.8) is 0 Å². The molecule has 0 bridgehead atoms. The molecule has 0 saturated heterocycles. The smallest absolute Gasteiger partial charge is 0.143 e. The molecule has 0 aromatic carbocycles. The zero-order valence-electron chi connectivity index (χ0n) is 13.2. The summed E-state index contributed by atoms with van der Waals surface area (Å²) in [6.07, 6.45) is 5.23. The van der Waals surface area contributed by atoms with E-state index >= 15 is 0 Å². The predicted molar refractivity (Wildman–Crippen MR) is 86.0 cm³/mol. The van der Waals surface area contributed by atoms with Crippen molar-refractivity contribution in [2.45, 2.75) is 27.2 Å². The molecule has 0 amide bonds. The van der Waals surface area contributed by atoms with E-state index < -0.39 is 0 Å². The van der Waals surface area contributed by atoms with E-state index in [0.717, 1.165) is 32.6 Å². The average Bonchev–Trinajstić information content (AvgIpc) is 2.47. The minimum Gasteiger partial charge on any atom is -0.368 e. The zero-order valence-corrected chi connectivity index (χ0v) is 13.2. The Hall–Kier alpha value is -1.86. The van der Waals surface area contributed by atoms with Gasteiger partial charge in [0.2, 0.25) is 0 Å². The summed E-state index contributed by atoms with van der Waals surface area (Å²) in [4.78, 5) is 6.64. The average molecular weight is 284 g/mol. The number of anilines is 1. The van der Waals surface area contributed by atoms with Crippen LogP contribution in [0.15, 0.2) is 30.0 Å². The topological polar surface area (TPSA) is 52.0 Å². The SMILES string of the molecule is CC(C)(C)C1=CCN(CCNc2ncccc2C#N)CC1. The van der Waals surface area contributed by atoms with Gasteiger partial charge >= 0.3 is 0 Å². The van der Waals surface area contributed by atoms with Crippen LogP contribution in [0.2, 0.25) is 0 Å². The second-order valence-corrected chi connectivity index (χ2v) is 6.47. The molecular formula is C17H24N4. The molecule has 2 rings (SSSR count). The highest BCUT2D eigenvalue weighted by atomic mass is 15.1. The van der Waals surface area contributed by atoms with E-state index in [1.165, 1.54) is 0 Å². The van der Waals surface area contributed by atoms with E-state index in [9.17, 15) is 0 Å². The first-order chi connectivity index (χ1) is 10.0. The van der Waals surface area contributed by atoms with Gasteiger partial charge < -0.3 is 5.32 Å². The first kappa shape index (κ1) is 15.5. The highest BCUT2D eigenvalue weighted by molar-refractivity contribution is 5.51. The van der Waals surface area contributed by atoms with Crippen molar-refractivity contribution in [3.8, 4) is 6.07 Å². The number of nitriles is 1. The highest BCUT2D eigenvalue weighted by Gasteiger charge is 2.20. The van der Waals surface area contributed by atoms with Crippen LogP contribution in [0, 0.1) is 16.7 Å². The van der Waals surface area contributed by atoms with E-state index in [1.807, 2.05) is 0 Å². The normalized spacial score (nSPS) is 16.2. The summed E-state index contributed by atoms with van der Waals surface area (Å²) < 4.78 is 0. The minimum atomic E-state index is 0.292. The third-order valence-corrected chi connectivity index (χ3v) is 3.91. The van der Waals surface area contributed by atoms with Crippen molar-refractivity contribution in [3.05, 3.63) is 35.5 Å². The van der Waals surface area contributed by atoms with Crippen molar-refractivity contribution < 1.29 is 0 Å². The van der Waals surface area contributed by atoms with Crippen LogP contribution in [0.5, 0.6) is 0 Å². The van der Waals surface area contributed by atoms with Crippen molar-refractivity contribution in [2.75, 3.05) is 31.5 Å². The van der Waals surface area contributed by atoms with Crippen LogP contribution in [0.3, 0.4) is 0 Å². The minimum absolute atomic E-state index is 0.292. The number of aromatic nitrogens is 1. The molecule has 0 fully saturated rings. The van der Waals surface area contributed by atoms with E-state index in [2.05, 4.69) is 48.1 Å². The first-order valence-electron chi connectivity index (χ1n) is 7.51. The molecular weight excluding hydrogens is 260 g/mol. The second-order valence-electron chi connectivity index (χ2n) is 6.47. The standard InChI is InChI=1S/C17H24N4/c1-17(2,3)15-6-10-21(11-7-15)12-9-20-16-14(13-18)5-4-8-19-16/h4-6,8H,7,9-12H2,1-3H3,(H,19,20). The molecule has 0 aliphatic carbocycles. The monoisotopic (exact) mass is 284 g/mol. The molecule has 0 spiro atoms. The Balaban J connectivity index is 1.81. The van der Waals surface area contributed by atoms with E-state index in [4.69, 9.17) is 5.26 Å². The van der Waals surface area contributed by atoms with Gasteiger partial charge in [0.15, 0.2) is 0 Å². The van der Waals surface area contributed by atoms with Crippen molar-refractivity contribution in [2.24, 2.45) is 5.41 Å². The number of hydrogen-bond donors (Lipinski definition) is 1. The fourth-order valence-electron chi connectivity index (χ4n) is 2.56. The van der Waals surface area contributed by atoms with E-state index in [1.54, 1.807) is 23.9 Å². The number of pyridine rings is 1. The molecule has 4 nitrogen and oxygen atoms in total. The molecule has 4 heteroatoms. The van der Waals surface area contributed by atoms with Crippen molar-refractivity contribution >= 4 is 5.82 Å². The Morgan fingerprint density at radius 1 is 1.43 bits per heavy atom. The van der Waals surface area contributed by atoms with Gasteiger partial charge in [0.25, 0.3) is 0 Å². The van der Waals surface area contributed by atoms with E-state index in [-0.39, 0.29) is 0 Å². The molecule has 1 N–H and O–H groups in total. The quantitative estimate of drug-likeness (QED) is 0.863. The Morgan fingerprint density at radius 3 is 2.86 bits per heavy atom. The maximum Gasteiger partial charge on any atom is 0.143 e. The Labute approximate surface area is 127 Å². The molecule has 2 heterocycles. The van der Waals surface area contributed by atoms with Crippen LogP contribution in [0.25, 0.3) is 0 Å². The second kappa shape index (κ2) is 6.73. The van der Waals surface area contributed by atoms with E-state index in [0.29, 0.717) is 16.8 Å². The molecule has 1 aliphatic heterocycles. The number of hydrogen-bond acceptors (Lipinski definition) is 4. The molecule has 0 unspecified atom stereocenters. The summed E-state index contributed by atoms with van der Waals surface area (Å²) in [7, 11) is 0. The Morgan fingerprint density at radius 2 is 2.24 bits per heavy atom. The molecule has 0 radical (unpaired) electrons. The fraction of sp³-hybridized carbons (Fsp3) is 0.529. The maximum atomic E-state index is 9.02. The summed E-state index contributed by atoms with van der Waals surface area (Å²) in [5.74, 6) is 0.683. The third-order valence-electron chi connectivity index (χ3n) is 3.91. The van der Waals surface area contributed by atoms with Gasteiger partial charge in [0.1, 0.15) is 11.9 Å². The summed E-state index contributed by atoms with van der Waals surface area (Å²) >= 11 is 0. The largest absolute Gasteiger partial charge is 0.368 e. The Bertz CT molecular complexity index is 549. The van der Waals surface area contributed by atoms with Crippen LogP contribution >= 0.6 is 0 Å². The molecule has 0 saturated carbocycles. The van der Waals surface area contributed by atoms with Crippen molar-refractivity contribution in [1.82, 2.24) is 9.88 Å². The highest BCUT2D eigenvalue weighted by Crippen LogP contribution is 2.29. The Kier molecular flexibility index (Phi) is 4.98. The van der Waals surface area contributed by atoms with Gasteiger partial charge in [-0.2, -0.15) is 5.26 Å². The molecule has 1 aliphatic rings. The maximum absolute atomic E-state index is 9.02. The van der Waals surface area contributed by atoms with Gasteiger partial charge in [0, 0.05) is 32.4 Å². The lowest BCUT2D eigenvalue weighted by molar-refractivity contribution is 0.288. The van der Waals surface area contributed by atoms with Gasteiger partial charge in [-0.05, 0) is 24.0 Å². The van der Waals surface area contributed by atoms with Crippen molar-refractivity contribution in [1.29, 1.82) is 5.26 Å². The molecule has 112 valence electrons. The summed E-state index contributed by atoms with van der Waals surface area (Å²) in [6.45, 7) is 10.7. The van der Waals surface area contributed by atoms with Crippen LogP contribution in [-0.4, -0.2) is 36.1 Å². The zero-order chi connectivity index (χ0) is 15.3. The van der Waals surface area contributed by atoms with Crippen LogP contribution in [0.1, 0.15) is 32.8 Å². The molecule has 0 atom stereocenters.